The maximum absolute atomic E-state index is 12.0. The molecule has 0 amide bonds. The molecule has 0 aliphatic rings. The number of ether oxygens (including phenoxy) is 3. The molecular formula is C20H21Cl2NO4. The van der Waals surface area contributed by atoms with Gasteiger partial charge in [0, 0.05) is 23.5 Å². The van der Waals surface area contributed by atoms with E-state index in [1.807, 2.05) is 19.9 Å². The summed E-state index contributed by atoms with van der Waals surface area (Å²) in [6.45, 7) is 4.25. The first-order chi connectivity index (χ1) is 12.9. The Hall–Kier alpha value is -2.24. The van der Waals surface area contributed by atoms with Crippen LogP contribution in [0.1, 0.15) is 30.9 Å². The summed E-state index contributed by atoms with van der Waals surface area (Å²) in [7, 11) is 3.04. The third-order valence-electron chi connectivity index (χ3n) is 3.92. The highest BCUT2D eigenvalue weighted by atomic mass is 35.5. The second-order valence-corrected chi connectivity index (χ2v) is 6.76. The largest absolute Gasteiger partial charge is 0.493 e. The fraction of sp³-hybridized carbons (Fsp3) is 0.300. The quantitative estimate of drug-likeness (QED) is 0.449. The van der Waals surface area contributed by atoms with E-state index in [1.54, 1.807) is 12.1 Å². The molecule has 2 aromatic rings. The summed E-state index contributed by atoms with van der Waals surface area (Å²) in [6.07, 6.45) is 5.58. The lowest BCUT2D eigenvalue weighted by atomic mass is 9.92. The first-order valence-corrected chi connectivity index (χ1v) is 8.95. The van der Waals surface area contributed by atoms with Crippen LogP contribution in [0.3, 0.4) is 0 Å². The molecule has 27 heavy (non-hydrogen) atoms. The molecule has 0 radical (unpaired) electrons. The van der Waals surface area contributed by atoms with Gasteiger partial charge in [-0.3, -0.25) is 4.98 Å². The molecule has 2 rings (SSSR count). The number of pyridine rings is 1. The van der Waals surface area contributed by atoms with Gasteiger partial charge in [-0.1, -0.05) is 34.8 Å². The smallest absolute Gasteiger partial charge is 0.203 e. The lowest BCUT2D eigenvalue weighted by molar-refractivity contribution is -0.108. The molecule has 0 N–H and O–H groups in total. The Kier molecular flexibility index (Phi) is 7.51. The van der Waals surface area contributed by atoms with Crippen LogP contribution in [0, 0.1) is 0 Å². The fourth-order valence-corrected chi connectivity index (χ4v) is 3.21. The molecule has 0 spiro atoms. The number of hydrogen-bond acceptors (Lipinski definition) is 5. The van der Waals surface area contributed by atoms with Crippen LogP contribution < -0.4 is 14.2 Å². The molecule has 0 aliphatic heterocycles. The Labute approximate surface area is 168 Å². The SMILES string of the molecule is COc1ccc(C(C=O)c2c(Cl)cncc2Cl)c(OCC=C(C)C)c1OC. The number of hydrogen-bond donors (Lipinski definition) is 0. The highest BCUT2D eigenvalue weighted by Crippen LogP contribution is 2.45. The summed E-state index contributed by atoms with van der Waals surface area (Å²) in [6, 6.07) is 3.45. The summed E-state index contributed by atoms with van der Waals surface area (Å²) >= 11 is 12.5. The van der Waals surface area contributed by atoms with Gasteiger partial charge in [0.1, 0.15) is 12.9 Å². The molecule has 0 saturated carbocycles. The van der Waals surface area contributed by atoms with Crippen LogP contribution in [0.2, 0.25) is 10.0 Å². The average molecular weight is 410 g/mol. The lowest BCUT2D eigenvalue weighted by Gasteiger charge is -2.21. The maximum Gasteiger partial charge on any atom is 0.203 e. The first-order valence-electron chi connectivity index (χ1n) is 8.19. The highest BCUT2D eigenvalue weighted by molar-refractivity contribution is 6.36. The topological polar surface area (TPSA) is 57.7 Å². The van der Waals surface area contributed by atoms with Gasteiger partial charge in [-0.25, -0.2) is 0 Å². The molecule has 1 aromatic heterocycles. The van der Waals surface area contributed by atoms with Crippen molar-refractivity contribution in [2.45, 2.75) is 19.8 Å². The van der Waals surface area contributed by atoms with E-state index in [9.17, 15) is 4.79 Å². The molecule has 1 atom stereocenters. The summed E-state index contributed by atoms with van der Waals surface area (Å²) in [5, 5.41) is 0.592. The molecule has 1 unspecified atom stereocenters. The van der Waals surface area contributed by atoms with Gasteiger partial charge in [-0.2, -0.15) is 0 Å². The van der Waals surface area contributed by atoms with E-state index in [0.717, 1.165) is 11.9 Å². The molecule has 0 saturated heterocycles. The zero-order valence-corrected chi connectivity index (χ0v) is 17.1. The standard InChI is InChI=1S/C20H21Cl2NO4/c1-12(2)7-8-27-19-13(5-6-17(25-3)20(19)26-4)14(11-24)18-15(21)9-23-10-16(18)22/h5-7,9-11,14H,8H2,1-4H3. The number of rotatable bonds is 8. The molecule has 0 fully saturated rings. The van der Waals surface area contributed by atoms with Crippen molar-refractivity contribution in [2.75, 3.05) is 20.8 Å². The minimum absolute atomic E-state index is 0.296. The van der Waals surface area contributed by atoms with Crippen molar-refractivity contribution < 1.29 is 19.0 Å². The van der Waals surface area contributed by atoms with Crippen molar-refractivity contribution in [1.29, 1.82) is 0 Å². The van der Waals surface area contributed by atoms with Gasteiger partial charge in [0.25, 0.3) is 0 Å². The van der Waals surface area contributed by atoms with Crippen LogP contribution in [0.25, 0.3) is 0 Å². The van der Waals surface area contributed by atoms with Crippen molar-refractivity contribution >= 4 is 29.5 Å². The monoisotopic (exact) mass is 409 g/mol. The predicted octanol–water partition coefficient (Wildman–Crippen LogP) is 5.08. The number of allylic oxidation sites excluding steroid dienone is 1. The van der Waals surface area contributed by atoms with Crippen molar-refractivity contribution in [1.82, 2.24) is 4.98 Å². The Balaban J connectivity index is 2.65. The number of carbonyl (C=O) groups is 1. The minimum Gasteiger partial charge on any atom is -0.493 e. The van der Waals surface area contributed by atoms with Gasteiger partial charge in [-0.05, 0) is 26.0 Å². The van der Waals surface area contributed by atoms with Crippen LogP contribution in [-0.4, -0.2) is 32.1 Å². The van der Waals surface area contributed by atoms with Crippen LogP contribution in [-0.2, 0) is 4.79 Å². The van der Waals surface area contributed by atoms with Crippen LogP contribution in [0.4, 0.5) is 0 Å². The van der Waals surface area contributed by atoms with E-state index in [0.29, 0.717) is 45.0 Å². The number of aromatic nitrogens is 1. The Morgan fingerprint density at radius 1 is 1.11 bits per heavy atom. The van der Waals surface area contributed by atoms with Crippen molar-refractivity contribution in [3.63, 3.8) is 0 Å². The van der Waals surface area contributed by atoms with Crippen molar-refractivity contribution in [3.05, 3.63) is 57.3 Å². The van der Waals surface area contributed by atoms with E-state index in [-0.39, 0.29) is 0 Å². The zero-order valence-electron chi connectivity index (χ0n) is 15.6. The number of benzene rings is 1. The molecule has 1 heterocycles. The number of nitrogens with zero attached hydrogens (tertiary/aromatic N) is 1. The molecule has 144 valence electrons. The Morgan fingerprint density at radius 3 is 2.30 bits per heavy atom. The zero-order chi connectivity index (χ0) is 20.0. The van der Waals surface area contributed by atoms with Crippen LogP contribution in [0.15, 0.2) is 36.2 Å². The average Bonchev–Trinajstić information content (AvgIpc) is 2.64. The first kappa shape index (κ1) is 21.1. The normalized spacial score (nSPS) is 11.5. The van der Waals surface area contributed by atoms with Crippen LogP contribution >= 0.6 is 23.2 Å². The lowest BCUT2D eigenvalue weighted by Crippen LogP contribution is -2.10. The molecule has 7 heteroatoms. The number of aldehydes is 1. The van der Waals surface area contributed by atoms with E-state index in [1.165, 1.54) is 26.6 Å². The number of methoxy groups -OCH3 is 2. The summed E-state index contributed by atoms with van der Waals surface area (Å²) < 4.78 is 16.8. The van der Waals surface area contributed by atoms with E-state index < -0.39 is 5.92 Å². The van der Waals surface area contributed by atoms with Gasteiger partial charge in [0.2, 0.25) is 5.75 Å². The van der Waals surface area contributed by atoms with Crippen molar-refractivity contribution in [3.8, 4) is 17.2 Å². The highest BCUT2D eigenvalue weighted by Gasteiger charge is 2.27. The van der Waals surface area contributed by atoms with Gasteiger partial charge >= 0.3 is 0 Å². The number of carbonyl (C=O) groups excluding carboxylic acids is 1. The molecule has 5 nitrogen and oxygen atoms in total. The van der Waals surface area contributed by atoms with Gasteiger partial charge in [0.15, 0.2) is 11.5 Å². The molecular weight excluding hydrogens is 389 g/mol. The summed E-state index contributed by atoms with van der Waals surface area (Å²) in [5.41, 5.74) is 2.13. The van der Waals surface area contributed by atoms with E-state index in [2.05, 4.69) is 4.98 Å². The second-order valence-electron chi connectivity index (χ2n) is 5.94. The van der Waals surface area contributed by atoms with Gasteiger partial charge in [0.05, 0.1) is 30.2 Å². The second kappa shape index (κ2) is 9.62. The maximum atomic E-state index is 12.0. The summed E-state index contributed by atoms with van der Waals surface area (Å²) in [4.78, 5) is 16.0. The van der Waals surface area contributed by atoms with Crippen molar-refractivity contribution in [2.24, 2.45) is 0 Å². The molecule has 0 aliphatic carbocycles. The Morgan fingerprint density at radius 2 is 1.78 bits per heavy atom. The van der Waals surface area contributed by atoms with Gasteiger partial charge < -0.3 is 19.0 Å². The summed E-state index contributed by atoms with van der Waals surface area (Å²) in [5.74, 6) is 0.528. The van der Waals surface area contributed by atoms with E-state index >= 15 is 0 Å². The molecule has 1 aromatic carbocycles. The van der Waals surface area contributed by atoms with E-state index in [4.69, 9.17) is 37.4 Å². The molecule has 0 bridgehead atoms. The predicted molar refractivity (Wildman–Crippen MR) is 107 cm³/mol. The van der Waals surface area contributed by atoms with Gasteiger partial charge in [-0.15, -0.1) is 0 Å². The third-order valence-corrected chi connectivity index (χ3v) is 4.52. The number of halogens is 2. The Bertz CT molecular complexity index is 828. The fourth-order valence-electron chi connectivity index (χ4n) is 2.61. The van der Waals surface area contributed by atoms with Crippen LogP contribution in [0.5, 0.6) is 17.2 Å². The third kappa shape index (κ3) is 4.73. The minimum atomic E-state index is -0.755.